The van der Waals surface area contributed by atoms with Gasteiger partial charge in [0, 0.05) is 19.0 Å². The molecule has 3 heterocycles. The highest BCUT2D eigenvalue weighted by atomic mass is 16.2. The van der Waals surface area contributed by atoms with E-state index in [1.807, 2.05) is 35.2 Å². The van der Waals surface area contributed by atoms with Crippen molar-refractivity contribution in [3.8, 4) is 5.69 Å². The van der Waals surface area contributed by atoms with Crippen LogP contribution in [0.5, 0.6) is 0 Å². The number of likely N-dealkylation sites (N-methyl/N-ethyl adjacent to an activating group) is 1. The highest BCUT2D eigenvalue weighted by molar-refractivity contribution is 5.82. The summed E-state index contributed by atoms with van der Waals surface area (Å²) in [5.74, 6) is 1.21. The second kappa shape index (κ2) is 7.68. The molecule has 0 radical (unpaired) electrons. The van der Waals surface area contributed by atoms with Gasteiger partial charge in [-0.05, 0) is 51.4 Å². The molecule has 144 valence electrons. The molecule has 1 N–H and O–H groups in total. The molecule has 0 spiro atoms. The Morgan fingerprint density at radius 2 is 1.81 bits per heavy atom. The lowest BCUT2D eigenvalue weighted by atomic mass is 9.94. The number of piperidine rings is 2. The number of carbonyl (C=O) groups excluding carboxylic acids is 1. The molecule has 1 atom stereocenters. The average molecular weight is 369 g/mol. The Bertz CT molecular complexity index is 836. The largest absolute Gasteiger partial charge is 0.347 e. The lowest BCUT2D eigenvalue weighted by molar-refractivity contribution is -0.138. The molecule has 1 amide bonds. The number of carbonyl (C=O) groups is 1. The van der Waals surface area contributed by atoms with Gasteiger partial charge in [0.25, 0.3) is 0 Å². The first-order valence-corrected chi connectivity index (χ1v) is 9.87. The molecule has 2 aliphatic heterocycles. The molecule has 1 aromatic heterocycles. The number of hydrogen-bond donors (Lipinski definition) is 1. The smallest absolute Gasteiger partial charge is 0.341 e. The maximum Gasteiger partial charge on any atom is 0.347 e. The number of nitrogens with one attached hydrogen (secondary N) is 1. The van der Waals surface area contributed by atoms with Crippen molar-refractivity contribution in [3.63, 3.8) is 0 Å². The summed E-state index contributed by atoms with van der Waals surface area (Å²) in [6.45, 7) is 2.46. The van der Waals surface area contributed by atoms with Crippen LogP contribution in [0.4, 0.5) is 0 Å². The van der Waals surface area contributed by atoms with Crippen LogP contribution in [0, 0.1) is 0 Å². The van der Waals surface area contributed by atoms with E-state index in [-0.39, 0.29) is 23.6 Å². The van der Waals surface area contributed by atoms with Gasteiger partial charge >= 0.3 is 5.69 Å². The van der Waals surface area contributed by atoms with Crippen LogP contribution in [0.2, 0.25) is 0 Å². The van der Waals surface area contributed by atoms with E-state index in [0.29, 0.717) is 0 Å². The summed E-state index contributed by atoms with van der Waals surface area (Å²) in [5, 5.41) is 6.90. The van der Waals surface area contributed by atoms with Crippen LogP contribution < -0.4 is 5.69 Å². The van der Waals surface area contributed by atoms with Gasteiger partial charge in [0.05, 0.1) is 11.7 Å². The van der Waals surface area contributed by atoms with Crippen LogP contribution in [-0.4, -0.2) is 63.2 Å². The molecule has 0 bridgehead atoms. The lowest BCUT2D eigenvalue weighted by Crippen LogP contribution is -2.51. The molecule has 0 saturated carbocycles. The number of amides is 1. The fourth-order valence-corrected chi connectivity index (χ4v) is 4.37. The zero-order chi connectivity index (χ0) is 18.8. The SMILES string of the molecule is CN1CCCC[C@@H]1C(=O)N1CCC(c2n[nH]c(=O)n2-c2ccccc2)CC1. The number of hydrogen-bond acceptors (Lipinski definition) is 4. The number of nitrogens with zero attached hydrogens (tertiary/aromatic N) is 4. The third-order valence-corrected chi connectivity index (χ3v) is 5.94. The highest BCUT2D eigenvalue weighted by Gasteiger charge is 2.33. The maximum atomic E-state index is 12.9. The molecular formula is C20H27N5O2. The number of benzene rings is 1. The number of rotatable bonds is 3. The highest BCUT2D eigenvalue weighted by Crippen LogP contribution is 2.28. The van der Waals surface area contributed by atoms with E-state index in [1.54, 1.807) is 4.57 Å². The van der Waals surface area contributed by atoms with Gasteiger partial charge in [-0.1, -0.05) is 24.6 Å². The molecule has 0 aliphatic carbocycles. The summed E-state index contributed by atoms with van der Waals surface area (Å²) in [7, 11) is 2.05. The standard InChI is InChI=1S/C20H27N5O2/c1-23-12-6-5-9-17(23)19(26)24-13-10-15(11-14-24)18-21-22-20(27)25(18)16-7-3-2-4-8-16/h2-4,7-8,15,17H,5-6,9-14H2,1H3,(H,22,27)/t17-/m1/s1. The summed E-state index contributed by atoms with van der Waals surface area (Å²) >= 11 is 0. The van der Waals surface area contributed by atoms with Crippen LogP contribution in [-0.2, 0) is 4.79 Å². The molecular weight excluding hydrogens is 342 g/mol. The first-order chi connectivity index (χ1) is 13.1. The second-order valence-electron chi connectivity index (χ2n) is 7.65. The van der Waals surface area contributed by atoms with E-state index < -0.39 is 0 Å². The van der Waals surface area contributed by atoms with Crippen LogP contribution >= 0.6 is 0 Å². The van der Waals surface area contributed by atoms with Crippen molar-refractivity contribution in [1.29, 1.82) is 0 Å². The Morgan fingerprint density at radius 1 is 1.07 bits per heavy atom. The van der Waals surface area contributed by atoms with E-state index in [4.69, 9.17) is 0 Å². The minimum atomic E-state index is -0.210. The first kappa shape index (κ1) is 18.0. The van der Waals surface area contributed by atoms with E-state index in [1.165, 1.54) is 6.42 Å². The Labute approximate surface area is 159 Å². The lowest BCUT2D eigenvalue weighted by Gasteiger charge is -2.38. The van der Waals surface area contributed by atoms with Gasteiger partial charge in [-0.2, -0.15) is 5.10 Å². The van der Waals surface area contributed by atoms with Crippen molar-refractivity contribution in [2.24, 2.45) is 0 Å². The van der Waals surface area contributed by atoms with Gasteiger partial charge < -0.3 is 4.90 Å². The molecule has 1 aromatic carbocycles. The van der Waals surface area contributed by atoms with Crippen molar-refractivity contribution in [1.82, 2.24) is 24.6 Å². The topological polar surface area (TPSA) is 74.2 Å². The van der Waals surface area contributed by atoms with E-state index in [2.05, 4.69) is 22.1 Å². The molecule has 2 aromatic rings. The Morgan fingerprint density at radius 3 is 2.52 bits per heavy atom. The number of aromatic amines is 1. The molecule has 7 nitrogen and oxygen atoms in total. The second-order valence-corrected chi connectivity index (χ2v) is 7.65. The predicted octanol–water partition coefficient (Wildman–Crippen LogP) is 1.75. The van der Waals surface area contributed by atoms with Gasteiger partial charge in [0.2, 0.25) is 5.91 Å². The van der Waals surface area contributed by atoms with Crippen LogP contribution in [0.25, 0.3) is 5.69 Å². The summed E-state index contributed by atoms with van der Waals surface area (Å²) in [6.07, 6.45) is 4.94. The predicted molar refractivity (Wildman–Crippen MR) is 103 cm³/mol. The summed E-state index contributed by atoms with van der Waals surface area (Å²) in [6, 6.07) is 9.63. The zero-order valence-corrected chi connectivity index (χ0v) is 15.8. The van der Waals surface area contributed by atoms with Gasteiger partial charge in [-0.3, -0.25) is 9.69 Å². The van der Waals surface area contributed by atoms with Crippen LogP contribution in [0.3, 0.4) is 0 Å². The van der Waals surface area contributed by atoms with Crippen LogP contribution in [0.15, 0.2) is 35.1 Å². The first-order valence-electron chi connectivity index (χ1n) is 9.87. The minimum Gasteiger partial charge on any atom is -0.341 e. The zero-order valence-electron chi connectivity index (χ0n) is 15.8. The Hall–Kier alpha value is -2.41. The van der Waals surface area contributed by atoms with Gasteiger partial charge in [0.15, 0.2) is 0 Å². The molecule has 27 heavy (non-hydrogen) atoms. The number of aromatic nitrogens is 3. The summed E-state index contributed by atoms with van der Waals surface area (Å²) in [5.41, 5.74) is 0.618. The molecule has 2 saturated heterocycles. The van der Waals surface area contributed by atoms with Crippen molar-refractivity contribution in [3.05, 3.63) is 46.6 Å². The fraction of sp³-hybridized carbons (Fsp3) is 0.550. The van der Waals surface area contributed by atoms with Crippen molar-refractivity contribution >= 4 is 5.91 Å². The van der Waals surface area contributed by atoms with E-state index in [9.17, 15) is 9.59 Å². The van der Waals surface area contributed by atoms with Crippen LogP contribution in [0.1, 0.15) is 43.8 Å². The molecule has 4 rings (SSSR count). The third kappa shape index (κ3) is 3.56. The van der Waals surface area contributed by atoms with Crippen molar-refractivity contribution < 1.29 is 4.79 Å². The van der Waals surface area contributed by atoms with Gasteiger partial charge in [-0.25, -0.2) is 14.5 Å². The molecule has 2 aliphatic rings. The summed E-state index contributed by atoms with van der Waals surface area (Å²) in [4.78, 5) is 29.4. The molecule has 2 fully saturated rings. The van der Waals surface area contributed by atoms with Gasteiger partial charge in [-0.15, -0.1) is 0 Å². The van der Waals surface area contributed by atoms with Gasteiger partial charge in [0.1, 0.15) is 5.82 Å². The Balaban J connectivity index is 1.46. The monoisotopic (exact) mass is 369 g/mol. The normalized spacial score (nSPS) is 22.1. The third-order valence-electron chi connectivity index (χ3n) is 5.94. The van der Waals surface area contributed by atoms with E-state index >= 15 is 0 Å². The quantitative estimate of drug-likeness (QED) is 0.895. The number of para-hydroxylation sites is 1. The number of H-pyrrole nitrogens is 1. The van der Waals surface area contributed by atoms with Crippen molar-refractivity contribution in [2.45, 2.75) is 44.1 Å². The molecule has 7 heteroatoms. The fourth-order valence-electron chi connectivity index (χ4n) is 4.37. The minimum absolute atomic E-state index is 0.0307. The van der Waals surface area contributed by atoms with Crippen molar-refractivity contribution in [2.75, 3.05) is 26.7 Å². The average Bonchev–Trinajstić information content (AvgIpc) is 3.10. The number of likely N-dealkylation sites (tertiary alicyclic amines) is 2. The molecule has 0 unspecified atom stereocenters. The van der Waals surface area contributed by atoms with E-state index in [0.717, 1.165) is 56.8 Å². The Kier molecular flexibility index (Phi) is 5.11. The maximum absolute atomic E-state index is 12.9. The summed E-state index contributed by atoms with van der Waals surface area (Å²) < 4.78 is 1.66.